The van der Waals surface area contributed by atoms with Crippen LogP contribution in [0.1, 0.15) is 18.9 Å². The molecule has 0 saturated carbocycles. The predicted octanol–water partition coefficient (Wildman–Crippen LogP) is 2.85. The molecule has 1 heterocycles. The fraction of sp³-hybridized carbons (Fsp3) is 0.286. The van der Waals surface area contributed by atoms with Crippen LogP contribution in [0.2, 0.25) is 5.15 Å². The second-order valence-electron chi connectivity index (χ2n) is 4.31. The summed E-state index contributed by atoms with van der Waals surface area (Å²) in [5.74, 6) is 0. The van der Waals surface area contributed by atoms with E-state index in [1.165, 1.54) is 0 Å². The fourth-order valence-corrected chi connectivity index (χ4v) is 2.64. The summed E-state index contributed by atoms with van der Waals surface area (Å²) in [7, 11) is 0. The maximum absolute atomic E-state index is 12.4. The van der Waals surface area contributed by atoms with Gasteiger partial charge in [0, 0.05) is 4.90 Å². The number of hydrogen-bond donors (Lipinski definition) is 1. The van der Waals surface area contributed by atoms with E-state index in [0.29, 0.717) is 17.7 Å². The monoisotopic (exact) mass is 310 g/mol. The maximum atomic E-state index is 12.4. The number of nitrogens with one attached hydrogen (secondary N) is 1. The van der Waals surface area contributed by atoms with Crippen molar-refractivity contribution in [2.75, 3.05) is 6.26 Å². The molecule has 2 rings (SSSR count). The molecule has 4 nitrogen and oxygen atoms in total. The number of rotatable bonds is 4. The normalized spacial score (nSPS) is 10.8. The molecule has 2 aromatic rings. The van der Waals surface area contributed by atoms with Crippen molar-refractivity contribution in [2.24, 2.45) is 0 Å². The third kappa shape index (κ3) is 2.83. The number of benzene rings is 1. The lowest BCUT2D eigenvalue weighted by Gasteiger charge is -2.09. The molecule has 20 heavy (non-hydrogen) atoms. The quantitative estimate of drug-likeness (QED) is 0.698. The Kier molecular flexibility index (Phi) is 4.73. The zero-order chi connectivity index (χ0) is 14.7. The highest BCUT2D eigenvalue weighted by Crippen LogP contribution is 2.16. The molecule has 0 unspecified atom stereocenters. The molecule has 0 aliphatic heterocycles. The van der Waals surface area contributed by atoms with Gasteiger partial charge in [-0.2, -0.15) is 0 Å². The highest BCUT2D eigenvalue weighted by Gasteiger charge is 2.13. The van der Waals surface area contributed by atoms with Crippen LogP contribution in [0.25, 0.3) is 5.69 Å². The second kappa shape index (κ2) is 6.33. The summed E-state index contributed by atoms with van der Waals surface area (Å²) < 4.78 is 1.13. The van der Waals surface area contributed by atoms with Gasteiger partial charge in [-0.25, -0.2) is 9.36 Å². The van der Waals surface area contributed by atoms with E-state index in [0.717, 1.165) is 15.9 Å². The van der Waals surface area contributed by atoms with Crippen LogP contribution in [0, 0.1) is 0 Å². The smallest absolute Gasteiger partial charge is 0.297 e. The second-order valence-corrected chi connectivity index (χ2v) is 5.57. The Bertz CT molecular complexity index is 719. The molecule has 0 saturated heterocycles. The van der Waals surface area contributed by atoms with Crippen LogP contribution in [-0.4, -0.2) is 15.8 Å². The first-order chi connectivity index (χ1) is 9.58. The molecule has 1 aromatic carbocycles. The summed E-state index contributed by atoms with van der Waals surface area (Å²) in [5.41, 5.74) is 0.125. The molecule has 0 aliphatic rings. The van der Waals surface area contributed by atoms with Crippen molar-refractivity contribution in [1.82, 2.24) is 9.55 Å². The largest absolute Gasteiger partial charge is 0.334 e. The summed E-state index contributed by atoms with van der Waals surface area (Å²) in [4.78, 5) is 28.0. The van der Waals surface area contributed by atoms with Gasteiger partial charge in [0.05, 0.1) is 11.3 Å². The van der Waals surface area contributed by atoms with Crippen LogP contribution >= 0.6 is 23.4 Å². The molecule has 1 aromatic heterocycles. The lowest BCUT2D eigenvalue weighted by atomic mass is 10.2. The van der Waals surface area contributed by atoms with Crippen molar-refractivity contribution in [3.63, 3.8) is 0 Å². The first kappa shape index (κ1) is 14.9. The number of nitrogens with zero attached hydrogens (tertiary/aromatic N) is 1. The molecular weight excluding hydrogens is 296 g/mol. The van der Waals surface area contributed by atoms with E-state index < -0.39 is 5.69 Å². The Morgan fingerprint density at radius 2 is 1.90 bits per heavy atom. The first-order valence-electron chi connectivity index (χ1n) is 6.26. The lowest BCUT2D eigenvalue weighted by Crippen LogP contribution is -2.36. The van der Waals surface area contributed by atoms with Crippen LogP contribution in [0.3, 0.4) is 0 Å². The highest BCUT2D eigenvalue weighted by atomic mass is 35.5. The average molecular weight is 311 g/mol. The number of aromatic nitrogens is 2. The summed E-state index contributed by atoms with van der Waals surface area (Å²) >= 11 is 7.55. The van der Waals surface area contributed by atoms with Gasteiger partial charge in [-0.05, 0) is 36.9 Å². The molecule has 0 fully saturated rings. The summed E-state index contributed by atoms with van der Waals surface area (Å²) in [5, 5.41) is 0.138. The van der Waals surface area contributed by atoms with Crippen molar-refractivity contribution in [3.05, 3.63) is 55.8 Å². The zero-order valence-electron chi connectivity index (χ0n) is 11.3. The Morgan fingerprint density at radius 1 is 1.25 bits per heavy atom. The van der Waals surface area contributed by atoms with Crippen molar-refractivity contribution in [3.8, 4) is 5.69 Å². The summed E-state index contributed by atoms with van der Waals surface area (Å²) in [6.45, 7) is 1.96. The molecule has 6 heteroatoms. The molecule has 0 aliphatic carbocycles. The summed E-state index contributed by atoms with van der Waals surface area (Å²) in [6, 6.07) is 7.26. The van der Waals surface area contributed by atoms with Gasteiger partial charge in [-0.1, -0.05) is 24.9 Å². The molecule has 1 N–H and O–H groups in total. The lowest BCUT2D eigenvalue weighted by molar-refractivity contribution is 0.811. The SMILES string of the molecule is CCCc1c(Cl)[nH]c(=O)n(-c2ccc(SC)cc2)c1=O. The first-order valence-corrected chi connectivity index (χ1v) is 7.87. The van der Waals surface area contributed by atoms with Crippen molar-refractivity contribution < 1.29 is 0 Å². The fourth-order valence-electron chi connectivity index (χ4n) is 1.98. The van der Waals surface area contributed by atoms with Crippen molar-refractivity contribution in [2.45, 2.75) is 24.7 Å². The minimum Gasteiger partial charge on any atom is -0.297 e. The van der Waals surface area contributed by atoms with E-state index in [-0.39, 0.29) is 10.7 Å². The van der Waals surface area contributed by atoms with E-state index in [4.69, 9.17) is 11.6 Å². The minimum atomic E-state index is -0.517. The van der Waals surface area contributed by atoms with E-state index in [1.54, 1.807) is 23.9 Å². The van der Waals surface area contributed by atoms with Crippen LogP contribution < -0.4 is 11.2 Å². The topological polar surface area (TPSA) is 54.9 Å². The maximum Gasteiger partial charge on any atom is 0.334 e. The van der Waals surface area contributed by atoms with Gasteiger partial charge in [0.25, 0.3) is 5.56 Å². The van der Waals surface area contributed by atoms with Crippen LogP contribution in [-0.2, 0) is 6.42 Å². The van der Waals surface area contributed by atoms with Crippen molar-refractivity contribution >= 4 is 23.4 Å². The van der Waals surface area contributed by atoms with Gasteiger partial charge in [-0.15, -0.1) is 11.8 Å². The Labute approximate surface area is 125 Å². The Hall–Kier alpha value is -1.46. The number of H-pyrrole nitrogens is 1. The van der Waals surface area contributed by atoms with E-state index >= 15 is 0 Å². The number of aromatic amines is 1. The third-order valence-corrected chi connectivity index (χ3v) is 4.04. The molecular formula is C14H15ClN2O2S. The molecule has 0 atom stereocenters. The average Bonchev–Trinajstić information content (AvgIpc) is 2.44. The Balaban J connectivity index is 2.64. The van der Waals surface area contributed by atoms with Crippen molar-refractivity contribution in [1.29, 1.82) is 0 Å². The molecule has 0 radical (unpaired) electrons. The molecule has 0 spiro atoms. The van der Waals surface area contributed by atoms with Gasteiger partial charge in [0.2, 0.25) is 0 Å². The number of thioether (sulfide) groups is 1. The Morgan fingerprint density at radius 3 is 2.45 bits per heavy atom. The van der Waals surface area contributed by atoms with Gasteiger partial charge < -0.3 is 0 Å². The summed E-state index contributed by atoms with van der Waals surface area (Å²) in [6.07, 6.45) is 3.29. The van der Waals surface area contributed by atoms with Crippen LogP contribution in [0.4, 0.5) is 0 Å². The van der Waals surface area contributed by atoms with Crippen LogP contribution in [0.15, 0.2) is 38.8 Å². The minimum absolute atomic E-state index is 0.138. The number of hydrogen-bond acceptors (Lipinski definition) is 3. The van der Waals surface area contributed by atoms with Gasteiger partial charge in [0.1, 0.15) is 5.15 Å². The third-order valence-electron chi connectivity index (χ3n) is 2.98. The standard InChI is InChI=1S/C14H15ClN2O2S/c1-3-4-11-12(15)16-14(19)17(13(11)18)9-5-7-10(20-2)8-6-9/h5-8H,3-4H2,1-2H3,(H,16,19). The molecule has 106 valence electrons. The predicted molar refractivity (Wildman–Crippen MR) is 83.4 cm³/mol. The van der Waals surface area contributed by atoms with E-state index in [1.807, 2.05) is 25.3 Å². The van der Waals surface area contributed by atoms with Gasteiger partial charge in [0.15, 0.2) is 0 Å². The van der Waals surface area contributed by atoms with E-state index in [9.17, 15) is 9.59 Å². The molecule has 0 amide bonds. The highest BCUT2D eigenvalue weighted by molar-refractivity contribution is 7.98. The van der Waals surface area contributed by atoms with Gasteiger partial charge in [-0.3, -0.25) is 9.78 Å². The molecule has 0 bridgehead atoms. The number of halogens is 1. The van der Waals surface area contributed by atoms with Gasteiger partial charge >= 0.3 is 5.69 Å². The van der Waals surface area contributed by atoms with Crippen LogP contribution in [0.5, 0.6) is 0 Å². The zero-order valence-corrected chi connectivity index (χ0v) is 12.8. The van der Waals surface area contributed by atoms with E-state index in [2.05, 4.69) is 4.98 Å².